The van der Waals surface area contributed by atoms with Crippen molar-refractivity contribution in [2.45, 2.75) is 32.2 Å². The zero-order valence-electron chi connectivity index (χ0n) is 15.0. The van der Waals surface area contributed by atoms with Gasteiger partial charge < -0.3 is 9.88 Å². The van der Waals surface area contributed by atoms with Gasteiger partial charge >= 0.3 is 0 Å². The average molecular weight is 359 g/mol. The maximum Gasteiger partial charge on any atom is 0.248 e. The predicted molar refractivity (Wildman–Crippen MR) is 105 cm³/mol. The van der Waals surface area contributed by atoms with E-state index in [-0.39, 0.29) is 5.91 Å². The van der Waals surface area contributed by atoms with Crippen molar-refractivity contribution in [3.8, 4) is 11.4 Å². The number of fused-ring (bicyclic) bond motifs is 1. The molecule has 1 amide bonds. The molecule has 1 N–H and O–H groups in total. The van der Waals surface area contributed by atoms with Crippen molar-refractivity contribution in [3.05, 3.63) is 66.3 Å². The predicted octanol–water partition coefficient (Wildman–Crippen LogP) is 3.72. The molecule has 0 atom stereocenters. The van der Waals surface area contributed by atoms with Crippen molar-refractivity contribution in [1.29, 1.82) is 0 Å². The molecule has 1 aromatic carbocycles. The maximum absolute atomic E-state index is 12.1. The molecule has 0 fully saturated rings. The summed E-state index contributed by atoms with van der Waals surface area (Å²) in [4.78, 5) is 16.1. The number of anilines is 1. The molecule has 6 heteroatoms. The molecule has 2 aromatic heterocycles. The van der Waals surface area contributed by atoms with Crippen molar-refractivity contribution < 1.29 is 4.79 Å². The van der Waals surface area contributed by atoms with Gasteiger partial charge in [0.2, 0.25) is 5.91 Å². The number of benzene rings is 1. The minimum atomic E-state index is -0.178. The Morgan fingerprint density at radius 2 is 1.96 bits per heavy atom. The van der Waals surface area contributed by atoms with Crippen LogP contribution in [0.25, 0.3) is 17.5 Å². The molecule has 1 aliphatic rings. The largest absolute Gasteiger partial charge is 0.323 e. The van der Waals surface area contributed by atoms with Crippen LogP contribution in [-0.2, 0) is 17.8 Å². The Labute approximate surface area is 158 Å². The lowest BCUT2D eigenvalue weighted by Gasteiger charge is -2.08. The number of nitrogens with zero attached hydrogens (tertiary/aromatic N) is 4. The van der Waals surface area contributed by atoms with E-state index in [2.05, 4.69) is 25.1 Å². The second-order valence-corrected chi connectivity index (χ2v) is 6.59. The van der Waals surface area contributed by atoms with Crippen molar-refractivity contribution in [3.63, 3.8) is 0 Å². The highest BCUT2D eigenvalue weighted by Gasteiger charge is 2.15. The van der Waals surface area contributed by atoms with E-state index in [1.807, 2.05) is 36.4 Å². The smallest absolute Gasteiger partial charge is 0.248 e. The molecule has 0 spiro atoms. The van der Waals surface area contributed by atoms with E-state index in [4.69, 9.17) is 0 Å². The van der Waals surface area contributed by atoms with Gasteiger partial charge in [-0.05, 0) is 54.8 Å². The van der Waals surface area contributed by atoms with Gasteiger partial charge in [-0.25, -0.2) is 0 Å². The number of hydrogen-bond donors (Lipinski definition) is 1. The molecule has 0 aliphatic carbocycles. The number of hydrogen-bond acceptors (Lipinski definition) is 4. The number of aromatic nitrogens is 4. The van der Waals surface area contributed by atoms with Crippen LogP contribution in [0.15, 0.2) is 54.9 Å². The first-order valence-corrected chi connectivity index (χ1v) is 9.21. The topological polar surface area (TPSA) is 72.7 Å². The van der Waals surface area contributed by atoms with Gasteiger partial charge in [0.05, 0.1) is 0 Å². The molecule has 3 heterocycles. The summed E-state index contributed by atoms with van der Waals surface area (Å²) < 4.78 is 2.22. The minimum Gasteiger partial charge on any atom is -0.323 e. The van der Waals surface area contributed by atoms with Crippen LogP contribution in [-0.4, -0.2) is 25.7 Å². The Morgan fingerprint density at radius 1 is 1.07 bits per heavy atom. The van der Waals surface area contributed by atoms with Crippen molar-refractivity contribution in [2.75, 3.05) is 5.32 Å². The second kappa shape index (κ2) is 7.95. The lowest BCUT2D eigenvalue weighted by atomic mass is 10.2. The Kier molecular flexibility index (Phi) is 5.05. The molecule has 6 nitrogen and oxygen atoms in total. The summed E-state index contributed by atoms with van der Waals surface area (Å²) in [5.41, 5.74) is 2.64. The molecule has 27 heavy (non-hydrogen) atoms. The first-order valence-electron chi connectivity index (χ1n) is 9.21. The first-order chi connectivity index (χ1) is 13.3. The van der Waals surface area contributed by atoms with Gasteiger partial charge in [-0.2, -0.15) is 0 Å². The van der Waals surface area contributed by atoms with Crippen LogP contribution in [0, 0.1) is 0 Å². The number of amides is 1. The number of rotatable bonds is 4. The van der Waals surface area contributed by atoms with Crippen LogP contribution in [0.4, 0.5) is 5.69 Å². The summed E-state index contributed by atoms with van der Waals surface area (Å²) in [5.74, 6) is 1.80. The highest BCUT2D eigenvalue weighted by atomic mass is 16.1. The van der Waals surface area contributed by atoms with Gasteiger partial charge in [0, 0.05) is 42.7 Å². The molecular formula is C21H21N5O. The van der Waals surface area contributed by atoms with Crippen molar-refractivity contribution in [2.24, 2.45) is 0 Å². The third kappa shape index (κ3) is 4.11. The SMILES string of the molecule is O=C(C=Cc1cccnc1)Nc1ccc(-c2nnc3n2CCCCC3)cc1. The molecule has 136 valence electrons. The fourth-order valence-corrected chi connectivity index (χ4v) is 3.23. The third-order valence-corrected chi connectivity index (χ3v) is 4.63. The summed E-state index contributed by atoms with van der Waals surface area (Å²) in [6.45, 7) is 0.968. The van der Waals surface area contributed by atoms with Gasteiger partial charge in [0.25, 0.3) is 0 Å². The van der Waals surface area contributed by atoms with Crippen LogP contribution in [0.1, 0.15) is 30.7 Å². The molecule has 3 aromatic rings. The van der Waals surface area contributed by atoms with E-state index in [1.54, 1.807) is 18.5 Å². The van der Waals surface area contributed by atoms with Crippen LogP contribution in [0.5, 0.6) is 0 Å². The van der Waals surface area contributed by atoms with Crippen LogP contribution < -0.4 is 5.32 Å². The summed E-state index contributed by atoms with van der Waals surface area (Å²) in [5, 5.41) is 11.6. The standard InChI is InChI=1S/C21H21N5O/c27-20(12-7-16-5-4-13-22-15-16)23-18-10-8-17(9-11-18)21-25-24-19-6-2-1-3-14-26(19)21/h4-5,7-13,15H,1-3,6,14H2,(H,23,27). The lowest BCUT2D eigenvalue weighted by molar-refractivity contribution is -0.111. The molecule has 0 unspecified atom stereocenters. The molecule has 0 saturated carbocycles. The van der Waals surface area contributed by atoms with E-state index >= 15 is 0 Å². The summed E-state index contributed by atoms with van der Waals surface area (Å²) in [7, 11) is 0. The number of nitrogens with one attached hydrogen (secondary N) is 1. The molecule has 0 bridgehead atoms. The maximum atomic E-state index is 12.1. The highest BCUT2D eigenvalue weighted by Crippen LogP contribution is 2.24. The molecule has 1 aliphatic heterocycles. The Hall–Kier alpha value is -3.28. The van der Waals surface area contributed by atoms with E-state index in [0.717, 1.165) is 47.8 Å². The quantitative estimate of drug-likeness (QED) is 0.721. The summed E-state index contributed by atoms with van der Waals surface area (Å²) in [6.07, 6.45) is 11.2. The van der Waals surface area contributed by atoms with Crippen molar-refractivity contribution in [1.82, 2.24) is 19.7 Å². The highest BCUT2D eigenvalue weighted by molar-refractivity contribution is 6.01. The minimum absolute atomic E-state index is 0.178. The zero-order valence-corrected chi connectivity index (χ0v) is 15.0. The monoisotopic (exact) mass is 359 g/mol. The van der Waals surface area contributed by atoms with Crippen LogP contribution in [0.2, 0.25) is 0 Å². The van der Waals surface area contributed by atoms with Crippen LogP contribution >= 0.6 is 0 Å². The lowest BCUT2D eigenvalue weighted by Crippen LogP contribution is -2.07. The van der Waals surface area contributed by atoms with Gasteiger partial charge in [-0.1, -0.05) is 12.5 Å². The molecule has 0 radical (unpaired) electrons. The summed E-state index contributed by atoms with van der Waals surface area (Å²) in [6, 6.07) is 11.5. The number of carbonyl (C=O) groups is 1. The van der Waals surface area contributed by atoms with E-state index in [1.165, 1.54) is 18.9 Å². The van der Waals surface area contributed by atoms with E-state index in [9.17, 15) is 4.79 Å². The van der Waals surface area contributed by atoms with Gasteiger partial charge in [0.15, 0.2) is 5.82 Å². The van der Waals surface area contributed by atoms with Crippen LogP contribution in [0.3, 0.4) is 0 Å². The molecule has 0 saturated heterocycles. The molecular weight excluding hydrogens is 338 g/mol. The van der Waals surface area contributed by atoms with Gasteiger partial charge in [-0.3, -0.25) is 9.78 Å². The van der Waals surface area contributed by atoms with Crippen molar-refractivity contribution >= 4 is 17.7 Å². The number of aryl methyl sites for hydroxylation is 1. The fraction of sp³-hybridized carbons (Fsp3) is 0.238. The zero-order chi connectivity index (χ0) is 18.5. The third-order valence-electron chi connectivity index (χ3n) is 4.63. The summed E-state index contributed by atoms with van der Waals surface area (Å²) >= 11 is 0. The second-order valence-electron chi connectivity index (χ2n) is 6.59. The fourth-order valence-electron chi connectivity index (χ4n) is 3.23. The Bertz CT molecular complexity index is 944. The van der Waals surface area contributed by atoms with Gasteiger partial charge in [-0.15, -0.1) is 10.2 Å². The first kappa shape index (κ1) is 17.1. The van der Waals surface area contributed by atoms with E-state index < -0.39 is 0 Å². The average Bonchev–Trinajstić information content (AvgIpc) is 2.96. The van der Waals surface area contributed by atoms with E-state index in [0.29, 0.717) is 0 Å². The van der Waals surface area contributed by atoms with Gasteiger partial charge in [0.1, 0.15) is 5.82 Å². The number of carbonyl (C=O) groups excluding carboxylic acids is 1. The Balaban J connectivity index is 1.44. The number of pyridine rings is 1. The Morgan fingerprint density at radius 3 is 2.78 bits per heavy atom. The molecule has 4 rings (SSSR count). The normalized spacial score (nSPS) is 13.9.